The molecule has 0 aliphatic carbocycles. The largest absolute Gasteiger partial charge is 0.383 e. The van der Waals surface area contributed by atoms with Crippen LogP contribution in [0.15, 0.2) is 45.2 Å². The van der Waals surface area contributed by atoms with Crippen LogP contribution in [0.25, 0.3) is 10.4 Å². The first-order valence-electron chi connectivity index (χ1n) is 11.9. The third-order valence-electron chi connectivity index (χ3n) is 6.66. The summed E-state index contributed by atoms with van der Waals surface area (Å²) in [5.41, 5.74) is 4.55. The SMILES string of the molecule is Cc1ncsc1-c1ccc([C@H](C)NC(=O)[C@@H]2C[C@@H](C)CN2C(=O)[C@H](c2cc(=O)[nH]o2)C(C)C)cc1. The van der Waals surface area contributed by atoms with Gasteiger partial charge in [0.25, 0.3) is 5.56 Å². The highest BCUT2D eigenvalue weighted by molar-refractivity contribution is 7.13. The van der Waals surface area contributed by atoms with Gasteiger partial charge in [-0.05, 0) is 43.2 Å². The lowest BCUT2D eigenvalue weighted by Crippen LogP contribution is -2.48. The summed E-state index contributed by atoms with van der Waals surface area (Å²) in [6.07, 6.45) is 0.593. The Balaban J connectivity index is 1.48. The number of hydrogen-bond donors (Lipinski definition) is 2. The molecule has 1 aromatic carbocycles. The quantitative estimate of drug-likeness (QED) is 0.508. The number of nitrogens with one attached hydrogen (secondary N) is 2. The lowest BCUT2D eigenvalue weighted by atomic mass is 9.91. The maximum Gasteiger partial charge on any atom is 0.280 e. The Bertz CT molecular complexity index is 1240. The molecular formula is C26H32N4O4S. The molecule has 0 bridgehead atoms. The molecule has 8 nitrogen and oxygen atoms in total. The van der Waals surface area contributed by atoms with E-state index in [2.05, 4.69) is 15.5 Å². The van der Waals surface area contributed by atoms with Gasteiger partial charge in [-0.3, -0.25) is 14.4 Å². The van der Waals surface area contributed by atoms with Gasteiger partial charge in [-0.25, -0.2) is 4.98 Å². The number of hydrogen-bond acceptors (Lipinski definition) is 6. The van der Waals surface area contributed by atoms with Gasteiger partial charge in [-0.15, -0.1) is 11.3 Å². The van der Waals surface area contributed by atoms with Crippen molar-refractivity contribution in [2.45, 2.75) is 59.0 Å². The van der Waals surface area contributed by atoms with E-state index in [9.17, 15) is 14.4 Å². The maximum absolute atomic E-state index is 13.6. The normalized spacial score (nSPS) is 19.7. The van der Waals surface area contributed by atoms with Crippen LogP contribution < -0.4 is 10.9 Å². The Hall–Kier alpha value is -3.20. The standard InChI is InChI=1S/C26H32N4O4S/c1-14(2)23(21-11-22(31)29-34-21)26(33)30-12-15(3)10-20(30)25(32)28-16(4)18-6-8-19(9-7-18)24-17(5)27-13-35-24/h6-9,11,13-16,20,23H,10,12H2,1-5H3,(H,28,32)(H,29,31)/t15-,16+,20+,23+/m1/s1. The van der Waals surface area contributed by atoms with Gasteiger partial charge in [0.15, 0.2) is 5.76 Å². The topological polar surface area (TPSA) is 108 Å². The van der Waals surface area contributed by atoms with Gasteiger partial charge in [0, 0.05) is 12.6 Å². The molecule has 9 heteroatoms. The Morgan fingerprint density at radius 2 is 1.94 bits per heavy atom. The first-order valence-corrected chi connectivity index (χ1v) is 12.8. The minimum atomic E-state index is -0.630. The van der Waals surface area contributed by atoms with Crippen LogP contribution in [-0.4, -0.2) is 39.4 Å². The molecule has 35 heavy (non-hydrogen) atoms. The van der Waals surface area contributed by atoms with Gasteiger partial charge in [0.05, 0.1) is 22.1 Å². The summed E-state index contributed by atoms with van der Waals surface area (Å²) >= 11 is 1.61. The summed E-state index contributed by atoms with van der Waals surface area (Å²) in [6.45, 7) is 10.3. The number of amides is 2. The highest BCUT2D eigenvalue weighted by Crippen LogP contribution is 2.32. The molecule has 186 valence electrons. The summed E-state index contributed by atoms with van der Waals surface area (Å²) < 4.78 is 5.27. The number of carbonyl (C=O) groups is 2. The fourth-order valence-electron chi connectivity index (χ4n) is 4.80. The molecule has 3 heterocycles. The van der Waals surface area contributed by atoms with E-state index >= 15 is 0 Å². The number of likely N-dealkylation sites (tertiary alicyclic amines) is 1. The number of aromatic amines is 1. The Morgan fingerprint density at radius 1 is 1.23 bits per heavy atom. The van der Waals surface area contributed by atoms with E-state index in [0.717, 1.165) is 21.7 Å². The van der Waals surface area contributed by atoms with Crippen molar-refractivity contribution >= 4 is 23.2 Å². The Morgan fingerprint density at radius 3 is 2.51 bits per heavy atom. The molecule has 1 saturated heterocycles. The van der Waals surface area contributed by atoms with Crippen LogP contribution in [0.3, 0.4) is 0 Å². The van der Waals surface area contributed by atoms with Crippen molar-refractivity contribution in [1.29, 1.82) is 0 Å². The molecular weight excluding hydrogens is 464 g/mol. The third kappa shape index (κ3) is 5.24. The van der Waals surface area contributed by atoms with Crippen LogP contribution in [0.5, 0.6) is 0 Å². The Kier molecular flexibility index (Phi) is 7.25. The number of benzene rings is 1. The van der Waals surface area contributed by atoms with Crippen molar-refractivity contribution in [2.24, 2.45) is 11.8 Å². The van der Waals surface area contributed by atoms with Crippen LogP contribution in [-0.2, 0) is 9.59 Å². The van der Waals surface area contributed by atoms with Crippen LogP contribution in [0.1, 0.15) is 63.1 Å². The molecule has 3 aromatic rings. The van der Waals surface area contributed by atoms with Crippen molar-refractivity contribution in [3.05, 3.63) is 63.2 Å². The fourth-order valence-corrected chi connectivity index (χ4v) is 5.61. The van der Waals surface area contributed by atoms with Crippen molar-refractivity contribution in [1.82, 2.24) is 20.4 Å². The molecule has 0 unspecified atom stereocenters. The monoisotopic (exact) mass is 496 g/mol. The summed E-state index contributed by atoms with van der Waals surface area (Å²) in [5, 5.41) is 5.37. The van der Waals surface area contributed by atoms with E-state index in [1.54, 1.807) is 16.2 Å². The minimum absolute atomic E-state index is 0.0966. The Labute approximate surface area is 208 Å². The second kappa shape index (κ2) is 10.2. The number of aryl methyl sites for hydroxylation is 1. The van der Waals surface area contributed by atoms with Crippen molar-refractivity contribution in [3.8, 4) is 10.4 Å². The second-order valence-electron chi connectivity index (χ2n) is 9.80. The number of H-pyrrole nitrogens is 1. The number of aromatic nitrogens is 2. The zero-order valence-corrected chi connectivity index (χ0v) is 21.5. The molecule has 1 aliphatic heterocycles. The van der Waals surface area contributed by atoms with Crippen LogP contribution in [0.4, 0.5) is 0 Å². The molecule has 2 N–H and O–H groups in total. The van der Waals surface area contributed by atoms with Gasteiger partial charge in [0.1, 0.15) is 12.0 Å². The van der Waals surface area contributed by atoms with Crippen molar-refractivity contribution in [2.75, 3.05) is 6.54 Å². The number of carbonyl (C=O) groups excluding carboxylic acids is 2. The lowest BCUT2D eigenvalue weighted by molar-refractivity contribution is -0.141. The number of thiazole rings is 1. The second-order valence-corrected chi connectivity index (χ2v) is 10.7. The highest BCUT2D eigenvalue weighted by Gasteiger charge is 2.42. The van der Waals surface area contributed by atoms with Gasteiger partial charge in [-0.1, -0.05) is 45.0 Å². The number of rotatable bonds is 7. The molecule has 1 aliphatic rings. The van der Waals surface area contributed by atoms with Gasteiger partial charge < -0.3 is 14.7 Å². The minimum Gasteiger partial charge on any atom is -0.383 e. The molecule has 1 fully saturated rings. The van der Waals surface area contributed by atoms with E-state index in [0.29, 0.717) is 18.7 Å². The average molecular weight is 497 g/mol. The average Bonchev–Trinajstić information content (AvgIpc) is 3.53. The van der Waals surface area contributed by atoms with Gasteiger partial charge >= 0.3 is 0 Å². The molecule has 2 aromatic heterocycles. The van der Waals surface area contributed by atoms with Crippen molar-refractivity contribution < 1.29 is 14.1 Å². The van der Waals surface area contributed by atoms with Gasteiger partial charge in [-0.2, -0.15) is 5.16 Å². The number of nitrogens with zero attached hydrogens (tertiary/aromatic N) is 2. The predicted molar refractivity (Wildman–Crippen MR) is 135 cm³/mol. The van der Waals surface area contributed by atoms with Crippen LogP contribution >= 0.6 is 11.3 Å². The van der Waals surface area contributed by atoms with E-state index < -0.39 is 12.0 Å². The molecule has 0 spiro atoms. The van der Waals surface area contributed by atoms with E-state index in [4.69, 9.17) is 4.52 Å². The maximum atomic E-state index is 13.6. The molecule has 4 rings (SSSR count). The molecule has 0 radical (unpaired) electrons. The lowest BCUT2D eigenvalue weighted by Gasteiger charge is -2.29. The van der Waals surface area contributed by atoms with E-state index in [-0.39, 0.29) is 35.3 Å². The summed E-state index contributed by atoms with van der Waals surface area (Å²) in [6, 6.07) is 8.66. The molecule has 0 saturated carbocycles. The van der Waals surface area contributed by atoms with Crippen LogP contribution in [0, 0.1) is 18.8 Å². The van der Waals surface area contributed by atoms with E-state index in [1.165, 1.54) is 6.07 Å². The summed E-state index contributed by atoms with van der Waals surface area (Å²) in [4.78, 5) is 45.6. The summed E-state index contributed by atoms with van der Waals surface area (Å²) in [5.74, 6) is -0.591. The zero-order chi connectivity index (χ0) is 25.3. The summed E-state index contributed by atoms with van der Waals surface area (Å²) in [7, 11) is 0. The third-order valence-corrected chi connectivity index (χ3v) is 7.63. The fraction of sp³-hybridized carbons (Fsp3) is 0.462. The predicted octanol–water partition coefficient (Wildman–Crippen LogP) is 4.25. The van der Waals surface area contributed by atoms with Gasteiger partial charge in [0.2, 0.25) is 11.8 Å². The first kappa shape index (κ1) is 24.9. The smallest absolute Gasteiger partial charge is 0.280 e. The molecule has 4 atom stereocenters. The zero-order valence-electron chi connectivity index (χ0n) is 20.7. The van der Waals surface area contributed by atoms with Crippen molar-refractivity contribution in [3.63, 3.8) is 0 Å². The molecule has 2 amide bonds. The van der Waals surface area contributed by atoms with Crippen LogP contribution in [0.2, 0.25) is 0 Å². The van der Waals surface area contributed by atoms with E-state index in [1.807, 2.05) is 64.4 Å². The first-order chi connectivity index (χ1) is 16.7. The highest BCUT2D eigenvalue weighted by atomic mass is 32.1.